The van der Waals surface area contributed by atoms with E-state index < -0.39 is 34.5 Å². The molecule has 0 radical (unpaired) electrons. The number of carbonyl (C=O) groups excluding carboxylic acids is 3. The van der Waals surface area contributed by atoms with E-state index >= 15 is 0 Å². The molecule has 29 heavy (non-hydrogen) atoms. The third-order valence-corrected chi connectivity index (χ3v) is 4.82. The number of ketones is 1. The number of para-hydroxylation sites is 2. The van der Waals surface area contributed by atoms with Gasteiger partial charge in [-0.3, -0.25) is 29.9 Å². The summed E-state index contributed by atoms with van der Waals surface area (Å²) in [6.07, 6.45) is 0. The van der Waals surface area contributed by atoms with Gasteiger partial charge in [-0.15, -0.1) is 0 Å². The normalized spacial score (nSPS) is 20.2. The van der Waals surface area contributed by atoms with Crippen LogP contribution in [0.3, 0.4) is 0 Å². The molecule has 0 unspecified atom stereocenters. The van der Waals surface area contributed by atoms with Crippen molar-refractivity contribution >= 4 is 34.7 Å². The zero-order valence-electron chi connectivity index (χ0n) is 15.1. The van der Waals surface area contributed by atoms with Crippen LogP contribution < -0.4 is 15.1 Å². The third-order valence-electron chi connectivity index (χ3n) is 4.82. The fraction of sp³-hybridized carbons (Fsp3) is 0.158. The standard InChI is InChI=1S/C19H14N4O6/c1-29-13-5-3-2-4-12(13)22-18(25)14-15(20-21-16(14)19(22)26)17(24)10-6-8-11(9-7-10)23(27)28/h2-9,14,16,21H,1H3/t14-,16+/m0/s1. The molecule has 2 aromatic rings. The van der Waals surface area contributed by atoms with Crippen LogP contribution in [0.15, 0.2) is 53.6 Å². The number of nitrogens with one attached hydrogen (secondary N) is 1. The first kappa shape index (κ1) is 18.3. The van der Waals surface area contributed by atoms with Gasteiger partial charge >= 0.3 is 0 Å². The van der Waals surface area contributed by atoms with Gasteiger partial charge in [-0.05, 0) is 24.3 Å². The van der Waals surface area contributed by atoms with Gasteiger partial charge in [0.05, 0.1) is 17.7 Å². The van der Waals surface area contributed by atoms with E-state index in [9.17, 15) is 24.5 Å². The maximum atomic E-state index is 13.0. The van der Waals surface area contributed by atoms with Crippen molar-refractivity contribution < 1.29 is 24.0 Å². The van der Waals surface area contributed by atoms with Gasteiger partial charge in [0.2, 0.25) is 11.7 Å². The van der Waals surface area contributed by atoms with Crippen LogP contribution in [0.5, 0.6) is 5.75 Å². The minimum atomic E-state index is -1.09. The van der Waals surface area contributed by atoms with Crippen LogP contribution in [0.4, 0.5) is 11.4 Å². The SMILES string of the molecule is COc1ccccc1N1C(=O)[C@H]2C(C(=O)c3ccc([N+](=O)[O-])cc3)=NN[C@H]2C1=O. The predicted octanol–water partition coefficient (Wildman–Crippen LogP) is 1.30. The molecule has 2 aliphatic heterocycles. The van der Waals surface area contributed by atoms with Crippen LogP contribution in [0.1, 0.15) is 10.4 Å². The molecule has 0 saturated carbocycles. The number of nitro benzene ring substituents is 1. The van der Waals surface area contributed by atoms with Gasteiger partial charge < -0.3 is 4.74 Å². The van der Waals surface area contributed by atoms with E-state index in [4.69, 9.17) is 4.74 Å². The minimum absolute atomic E-state index is 0.111. The number of benzene rings is 2. The summed E-state index contributed by atoms with van der Waals surface area (Å²) in [4.78, 5) is 49.9. The lowest BCUT2D eigenvalue weighted by Crippen LogP contribution is -2.36. The fourth-order valence-corrected chi connectivity index (χ4v) is 3.41. The van der Waals surface area contributed by atoms with Crippen molar-refractivity contribution in [3.63, 3.8) is 0 Å². The van der Waals surface area contributed by atoms with Gasteiger partial charge in [0.1, 0.15) is 23.4 Å². The van der Waals surface area contributed by atoms with Crippen molar-refractivity contribution in [3.05, 3.63) is 64.2 Å². The number of nitro groups is 1. The largest absolute Gasteiger partial charge is 0.495 e. The summed E-state index contributed by atoms with van der Waals surface area (Å²) < 4.78 is 5.23. The van der Waals surface area contributed by atoms with E-state index in [1.807, 2.05) is 0 Å². The average molecular weight is 394 g/mol. The molecule has 2 heterocycles. The molecule has 1 fully saturated rings. The van der Waals surface area contributed by atoms with Crippen molar-refractivity contribution in [1.82, 2.24) is 5.43 Å². The summed E-state index contributed by atoms with van der Waals surface area (Å²) in [6.45, 7) is 0. The summed E-state index contributed by atoms with van der Waals surface area (Å²) in [5.74, 6) is -2.46. The van der Waals surface area contributed by atoms with E-state index in [0.29, 0.717) is 5.75 Å². The fourth-order valence-electron chi connectivity index (χ4n) is 3.41. The molecule has 2 amide bonds. The Kier molecular flexibility index (Phi) is 4.30. The maximum Gasteiger partial charge on any atom is 0.269 e. The number of imide groups is 1. The molecule has 146 valence electrons. The number of fused-ring (bicyclic) bond motifs is 1. The summed E-state index contributed by atoms with van der Waals surface area (Å²) in [7, 11) is 1.42. The molecule has 2 atom stereocenters. The molecular weight excluding hydrogens is 380 g/mol. The molecule has 1 saturated heterocycles. The highest BCUT2D eigenvalue weighted by molar-refractivity contribution is 6.52. The highest BCUT2D eigenvalue weighted by Crippen LogP contribution is 2.36. The number of Topliss-reactive ketones (excluding diaryl/α,β-unsaturated/α-hetero) is 1. The van der Waals surface area contributed by atoms with Crippen molar-refractivity contribution in [2.45, 2.75) is 6.04 Å². The lowest BCUT2D eigenvalue weighted by Gasteiger charge is -2.18. The molecule has 1 N–H and O–H groups in total. The number of hydrogen-bond acceptors (Lipinski definition) is 8. The molecule has 4 rings (SSSR count). The van der Waals surface area contributed by atoms with E-state index in [2.05, 4.69) is 10.5 Å². The van der Waals surface area contributed by atoms with E-state index in [0.717, 1.165) is 4.90 Å². The van der Waals surface area contributed by atoms with E-state index in [1.54, 1.807) is 24.3 Å². The number of nitrogens with zero attached hydrogens (tertiary/aromatic N) is 3. The zero-order valence-corrected chi connectivity index (χ0v) is 15.1. The summed E-state index contributed by atoms with van der Waals surface area (Å²) in [5, 5.41) is 14.7. The molecule has 0 aliphatic carbocycles. The number of hydrogen-bond donors (Lipinski definition) is 1. The number of amides is 2. The van der Waals surface area contributed by atoms with Crippen molar-refractivity contribution in [2.24, 2.45) is 11.0 Å². The smallest absolute Gasteiger partial charge is 0.269 e. The second kappa shape index (κ2) is 6.82. The number of methoxy groups -OCH3 is 1. The topological polar surface area (TPSA) is 131 Å². The van der Waals surface area contributed by atoms with Crippen LogP contribution >= 0.6 is 0 Å². The third kappa shape index (κ3) is 2.81. The van der Waals surface area contributed by atoms with E-state index in [-0.39, 0.29) is 22.6 Å². The Bertz CT molecular complexity index is 1080. The summed E-state index contributed by atoms with van der Waals surface area (Å²) >= 11 is 0. The van der Waals surface area contributed by atoms with Crippen LogP contribution in [-0.2, 0) is 9.59 Å². The Balaban J connectivity index is 1.65. The van der Waals surface area contributed by atoms with Crippen LogP contribution in [-0.4, -0.2) is 41.4 Å². The second-order valence-corrected chi connectivity index (χ2v) is 6.40. The van der Waals surface area contributed by atoms with Crippen molar-refractivity contribution in [2.75, 3.05) is 12.0 Å². The Morgan fingerprint density at radius 1 is 1.14 bits per heavy atom. The first-order valence-electron chi connectivity index (χ1n) is 8.57. The first-order chi connectivity index (χ1) is 13.9. The van der Waals surface area contributed by atoms with Crippen LogP contribution in [0, 0.1) is 16.0 Å². The maximum absolute atomic E-state index is 13.0. The van der Waals surface area contributed by atoms with Crippen molar-refractivity contribution in [1.29, 1.82) is 0 Å². The molecule has 0 spiro atoms. The number of rotatable bonds is 5. The lowest BCUT2D eigenvalue weighted by molar-refractivity contribution is -0.384. The number of ether oxygens (including phenoxy) is 1. The van der Waals surface area contributed by atoms with Crippen LogP contribution in [0.25, 0.3) is 0 Å². The number of anilines is 1. The van der Waals surface area contributed by atoms with Crippen molar-refractivity contribution in [3.8, 4) is 5.75 Å². The van der Waals surface area contributed by atoms with Gasteiger partial charge in [-0.2, -0.15) is 5.10 Å². The predicted molar refractivity (Wildman–Crippen MR) is 101 cm³/mol. The molecular formula is C19H14N4O6. The highest BCUT2D eigenvalue weighted by atomic mass is 16.6. The van der Waals surface area contributed by atoms with Crippen LogP contribution in [0.2, 0.25) is 0 Å². The monoisotopic (exact) mass is 394 g/mol. The summed E-state index contributed by atoms with van der Waals surface area (Å²) in [5.41, 5.74) is 2.71. The number of carbonyl (C=O) groups is 3. The minimum Gasteiger partial charge on any atom is -0.495 e. The van der Waals surface area contributed by atoms with Gasteiger partial charge in [-0.1, -0.05) is 12.1 Å². The molecule has 0 aromatic heterocycles. The highest BCUT2D eigenvalue weighted by Gasteiger charge is 2.55. The molecule has 10 heteroatoms. The molecule has 10 nitrogen and oxygen atoms in total. The first-order valence-corrected chi connectivity index (χ1v) is 8.57. The summed E-state index contributed by atoms with van der Waals surface area (Å²) in [6, 6.07) is 10.5. The Labute approximate surface area is 163 Å². The zero-order chi connectivity index (χ0) is 20.7. The number of hydrazone groups is 1. The second-order valence-electron chi connectivity index (χ2n) is 6.40. The number of non-ortho nitro benzene ring substituents is 1. The van der Waals surface area contributed by atoms with Gasteiger partial charge in [-0.25, -0.2) is 4.90 Å². The average Bonchev–Trinajstić information content (AvgIpc) is 3.27. The molecule has 2 aromatic carbocycles. The lowest BCUT2D eigenvalue weighted by atomic mass is 9.92. The van der Waals surface area contributed by atoms with Gasteiger partial charge in [0.15, 0.2) is 0 Å². The Morgan fingerprint density at radius 2 is 1.83 bits per heavy atom. The Hall–Kier alpha value is -4.08. The Morgan fingerprint density at radius 3 is 2.48 bits per heavy atom. The van der Waals surface area contributed by atoms with Gasteiger partial charge in [0.25, 0.3) is 11.6 Å². The quantitative estimate of drug-likeness (QED) is 0.350. The van der Waals surface area contributed by atoms with E-state index in [1.165, 1.54) is 31.4 Å². The molecule has 2 aliphatic rings. The van der Waals surface area contributed by atoms with Gasteiger partial charge in [0, 0.05) is 17.7 Å². The molecule has 0 bridgehead atoms.